The smallest absolute Gasteiger partial charge is 0.303 e. The average molecular weight is 1310 g/mol. The Hall–Kier alpha value is -10.1. The van der Waals surface area contributed by atoms with Crippen molar-refractivity contribution in [3.63, 3.8) is 0 Å². The van der Waals surface area contributed by atoms with Crippen molar-refractivity contribution in [2.24, 2.45) is 33.8 Å². The molecule has 1 aromatic heterocycles. The van der Waals surface area contributed by atoms with E-state index in [4.69, 9.17) is 22.9 Å². The van der Waals surface area contributed by atoms with Crippen LogP contribution in [0.2, 0.25) is 0 Å². The predicted octanol–water partition coefficient (Wildman–Crippen LogP) is -1.06. The van der Waals surface area contributed by atoms with Crippen molar-refractivity contribution in [1.82, 2.24) is 52.0 Å². The number of aromatic hydroxyl groups is 1. The number of para-hydroxylation sites is 1. The number of rotatable bonds is 35. The van der Waals surface area contributed by atoms with E-state index in [0.717, 1.165) is 10.9 Å². The number of aromatic nitrogens is 1. The number of fused-ring (bicyclic) bond motifs is 1. The molecule has 94 heavy (non-hydrogen) atoms. The lowest BCUT2D eigenvalue weighted by Crippen LogP contribution is -2.60. The van der Waals surface area contributed by atoms with Crippen LogP contribution in [0.1, 0.15) is 108 Å². The van der Waals surface area contributed by atoms with E-state index in [9.17, 15) is 68.1 Å². The van der Waals surface area contributed by atoms with Gasteiger partial charge in [0.15, 0.2) is 5.96 Å². The number of nitrogens with two attached hydrogens (primary N) is 4. The number of hydrogen-bond donors (Lipinski definition) is 15. The van der Waals surface area contributed by atoms with Gasteiger partial charge in [0.25, 0.3) is 0 Å². The molecule has 6 rings (SSSR count). The number of phenolic OH excluding ortho intramolecular Hbond substituents is 1. The molecule has 0 saturated carbocycles. The summed E-state index contributed by atoms with van der Waals surface area (Å²) < 4.78 is 0. The Bertz CT molecular complexity index is 3380. The number of aromatic amines is 1. The second-order valence-electron chi connectivity index (χ2n) is 24.1. The molecule has 4 aromatic rings. The number of nitrogens with one attached hydrogen (secondary N) is 8. The van der Waals surface area contributed by atoms with Crippen LogP contribution in [0.3, 0.4) is 0 Å². The number of carbonyl (C=O) groups excluding carboxylic acids is 10. The molecule has 30 heteroatoms. The highest BCUT2D eigenvalue weighted by Gasteiger charge is 2.45. The average Bonchev–Trinajstić information content (AvgIpc) is 1.62. The third kappa shape index (κ3) is 21.8. The van der Waals surface area contributed by atoms with E-state index < -0.39 is 151 Å². The molecular weight excluding hydrogens is 1220 g/mol. The van der Waals surface area contributed by atoms with Crippen LogP contribution in [-0.2, 0) is 76.8 Å². The normalized spacial score (nSPS) is 17.0. The van der Waals surface area contributed by atoms with Crippen molar-refractivity contribution >= 4 is 87.9 Å². The first kappa shape index (κ1) is 72.9. The molecule has 10 amide bonds. The van der Waals surface area contributed by atoms with Crippen molar-refractivity contribution in [1.29, 1.82) is 0 Å². The second kappa shape index (κ2) is 35.1. The first-order valence-electron chi connectivity index (χ1n) is 31.3. The summed E-state index contributed by atoms with van der Waals surface area (Å²) in [6.45, 7) is 5.03. The lowest BCUT2D eigenvalue weighted by Gasteiger charge is -2.34. The number of guanidine groups is 1. The Labute approximate surface area is 542 Å². The molecule has 0 aliphatic carbocycles. The zero-order valence-electron chi connectivity index (χ0n) is 52.8. The molecule has 19 N–H and O–H groups in total. The molecule has 2 saturated heterocycles. The van der Waals surface area contributed by atoms with Gasteiger partial charge in [0.05, 0.1) is 6.04 Å². The van der Waals surface area contributed by atoms with E-state index in [-0.39, 0.29) is 95.0 Å². The van der Waals surface area contributed by atoms with Crippen LogP contribution in [0.15, 0.2) is 90.1 Å². The minimum atomic E-state index is -1.55. The summed E-state index contributed by atoms with van der Waals surface area (Å²) in [5.41, 5.74) is 25.4. The number of primary amides is 1. The number of benzene rings is 3. The van der Waals surface area contributed by atoms with Gasteiger partial charge in [-0.1, -0.05) is 74.5 Å². The first-order valence-corrected chi connectivity index (χ1v) is 31.3. The van der Waals surface area contributed by atoms with Crippen LogP contribution in [0.5, 0.6) is 5.75 Å². The standard InChI is InChI=1S/C64H87N15O15/c1-35(2)30-47(59(90)74-46(54(66)85)31-38-19-21-40(80)22-20-38)75-55(86)36(3)71-57(88)45(24-26-53(83)84)73-61(92)50-17-10-28-78(50)63(94)51-18-11-29-79(51)62(93)49(32-37-12-5-4-6-13-37)77-58(89)44(16-9-27-69-64(67)68)72-60(91)48(76-56(87)42(65)23-25-52(81)82)33-39-34-70-43-15-8-7-14-41(39)43/h4-8,12-15,19-22,34-36,42,44-51,70,80H,9-11,16-18,23-33,65H2,1-3H3,(H2,66,85)(H,71,88)(H,72,91)(H,73,92)(H,74,90)(H,75,86)(H,76,87)(H,77,89)(H,81,82)(H,83,84)(H4,67,68,69)/t36-,42-,44-,45-,46-,47-,48-,49-,50-,51+/m0/s1. The Morgan fingerprint density at radius 3 is 1.78 bits per heavy atom. The van der Waals surface area contributed by atoms with E-state index in [1.165, 1.54) is 28.9 Å². The summed E-state index contributed by atoms with van der Waals surface area (Å²) >= 11 is 0. The number of carboxylic acid groups (broad SMARTS) is 2. The van der Waals surface area contributed by atoms with Gasteiger partial charge in [-0.3, -0.25) is 62.5 Å². The molecule has 0 unspecified atom stereocenters. The van der Waals surface area contributed by atoms with Gasteiger partial charge < -0.3 is 90.3 Å². The maximum atomic E-state index is 15.1. The molecule has 0 radical (unpaired) electrons. The number of carbonyl (C=O) groups is 12. The largest absolute Gasteiger partial charge is 0.508 e. The van der Waals surface area contributed by atoms with Gasteiger partial charge in [-0.15, -0.1) is 0 Å². The van der Waals surface area contributed by atoms with Crippen molar-refractivity contribution in [2.45, 2.75) is 171 Å². The molecule has 3 aromatic carbocycles. The minimum absolute atomic E-state index is 0.0140. The summed E-state index contributed by atoms with van der Waals surface area (Å²) in [5, 5.41) is 47.8. The van der Waals surface area contributed by atoms with Gasteiger partial charge in [0.2, 0.25) is 59.1 Å². The Balaban J connectivity index is 1.17. The summed E-state index contributed by atoms with van der Waals surface area (Å²) in [6, 6.07) is 8.69. The summed E-state index contributed by atoms with van der Waals surface area (Å²) in [5.74, 6) is -10.9. The number of likely N-dealkylation sites (tertiary alicyclic amines) is 2. The lowest BCUT2D eigenvalue weighted by molar-refractivity contribution is -0.148. The highest BCUT2D eigenvalue weighted by molar-refractivity contribution is 5.99. The summed E-state index contributed by atoms with van der Waals surface area (Å²) in [4.78, 5) is 174. The quantitative estimate of drug-likeness (QED) is 0.0148. The van der Waals surface area contributed by atoms with Gasteiger partial charge in [0, 0.05) is 68.8 Å². The molecular formula is C64H87N15O15. The molecule has 0 spiro atoms. The Morgan fingerprint density at radius 1 is 0.574 bits per heavy atom. The molecule has 0 bridgehead atoms. The van der Waals surface area contributed by atoms with E-state index in [1.54, 1.807) is 68.6 Å². The zero-order valence-corrected chi connectivity index (χ0v) is 52.8. The maximum Gasteiger partial charge on any atom is 0.303 e. The predicted molar refractivity (Wildman–Crippen MR) is 343 cm³/mol. The number of carboxylic acids is 2. The highest BCUT2D eigenvalue weighted by Crippen LogP contribution is 2.27. The fourth-order valence-corrected chi connectivity index (χ4v) is 11.3. The van der Waals surface area contributed by atoms with Crippen molar-refractivity contribution in [3.05, 3.63) is 102 Å². The minimum Gasteiger partial charge on any atom is -0.508 e. The lowest BCUT2D eigenvalue weighted by atomic mass is 10.0. The number of hydrogen-bond acceptors (Lipinski definition) is 15. The molecule has 2 aliphatic heterocycles. The monoisotopic (exact) mass is 1310 g/mol. The van der Waals surface area contributed by atoms with Gasteiger partial charge >= 0.3 is 11.9 Å². The third-order valence-corrected chi connectivity index (χ3v) is 16.3. The Morgan fingerprint density at radius 2 is 1.12 bits per heavy atom. The zero-order chi connectivity index (χ0) is 68.8. The SMILES string of the molecule is CC(C)C[C@H](NC(=O)[C@H](C)NC(=O)[C@H](CCC(=O)O)NC(=O)[C@@H]1CCCN1C(=O)[C@H]1CCCN1C(=O)[C@H](Cc1ccccc1)NC(=O)[C@H](CCCN=C(N)N)NC(=O)[C@H](Cc1c[nH]c2ccccc12)NC(=O)[C@@H](N)CCC(=O)O)C(=O)N[C@@H](Cc1ccc(O)cc1)C(N)=O. The molecule has 2 fully saturated rings. The van der Waals surface area contributed by atoms with Crippen LogP contribution >= 0.6 is 0 Å². The number of aliphatic carboxylic acids is 2. The van der Waals surface area contributed by atoms with Crippen LogP contribution in [0.25, 0.3) is 10.9 Å². The van der Waals surface area contributed by atoms with E-state index in [1.807, 2.05) is 18.2 Å². The number of H-pyrrole nitrogens is 1. The number of amides is 10. The van der Waals surface area contributed by atoms with Gasteiger partial charge in [-0.05, 0) is 106 Å². The van der Waals surface area contributed by atoms with Crippen molar-refractivity contribution < 1.29 is 72.9 Å². The van der Waals surface area contributed by atoms with Gasteiger partial charge in [-0.2, -0.15) is 0 Å². The highest BCUT2D eigenvalue weighted by atomic mass is 16.4. The number of aliphatic imine (C=N–C) groups is 1. The number of nitrogens with zero attached hydrogens (tertiary/aromatic N) is 3. The van der Waals surface area contributed by atoms with Gasteiger partial charge in [-0.25, -0.2) is 0 Å². The van der Waals surface area contributed by atoms with Crippen LogP contribution in [0.4, 0.5) is 0 Å². The van der Waals surface area contributed by atoms with E-state index in [2.05, 4.69) is 47.2 Å². The Kier molecular flexibility index (Phi) is 27.2. The fourth-order valence-electron chi connectivity index (χ4n) is 11.3. The summed E-state index contributed by atoms with van der Waals surface area (Å²) in [6.07, 6.45) is 0.808. The topological polar surface area (TPSA) is 488 Å². The van der Waals surface area contributed by atoms with Crippen molar-refractivity contribution in [3.8, 4) is 5.75 Å². The number of phenols is 1. The first-order chi connectivity index (χ1) is 44.7. The van der Waals surface area contributed by atoms with Gasteiger partial charge in [0.1, 0.15) is 60.1 Å². The fraction of sp³-hybridized carbons (Fsp3) is 0.484. The van der Waals surface area contributed by atoms with Crippen LogP contribution in [-0.4, -0.2) is 187 Å². The van der Waals surface area contributed by atoms with Crippen molar-refractivity contribution in [2.75, 3.05) is 19.6 Å². The molecule has 3 heterocycles. The molecule has 10 atom stereocenters. The third-order valence-electron chi connectivity index (χ3n) is 16.3. The van der Waals surface area contributed by atoms with E-state index >= 15 is 4.79 Å². The molecule has 508 valence electrons. The van der Waals surface area contributed by atoms with E-state index in [0.29, 0.717) is 29.5 Å². The maximum absolute atomic E-state index is 15.1. The molecule has 30 nitrogen and oxygen atoms in total. The molecule has 2 aliphatic rings. The second-order valence-corrected chi connectivity index (χ2v) is 24.1. The van der Waals surface area contributed by atoms with Crippen LogP contribution < -0.4 is 60.2 Å². The summed E-state index contributed by atoms with van der Waals surface area (Å²) in [7, 11) is 0. The van der Waals surface area contributed by atoms with Crippen LogP contribution in [0, 0.1) is 5.92 Å².